The molecule has 0 aliphatic rings. The summed E-state index contributed by atoms with van der Waals surface area (Å²) in [5, 5.41) is -0.827. The van der Waals surface area contributed by atoms with Crippen LogP contribution in [-0.2, 0) is 16.0 Å². The fourth-order valence-electron chi connectivity index (χ4n) is 0.677. The first-order valence-electron chi connectivity index (χ1n) is 3.31. The zero-order valence-electron chi connectivity index (χ0n) is 6.91. The Morgan fingerprint density at radius 2 is 1.93 bits per heavy atom. The van der Waals surface area contributed by atoms with Crippen molar-refractivity contribution in [2.24, 2.45) is 0 Å². The van der Waals surface area contributed by atoms with Crippen LogP contribution in [0.5, 0.6) is 0 Å². The van der Waals surface area contributed by atoms with Gasteiger partial charge in [-0.05, 0) is 6.07 Å². The lowest BCUT2D eigenvalue weighted by atomic mass is 10.4. The van der Waals surface area contributed by atoms with E-state index in [1.54, 1.807) is 0 Å². The number of hydrogen-bond acceptors (Lipinski definition) is 4. The van der Waals surface area contributed by atoms with E-state index in [4.69, 9.17) is 0 Å². The van der Waals surface area contributed by atoms with E-state index in [1.807, 2.05) is 0 Å². The van der Waals surface area contributed by atoms with Gasteiger partial charge in [0.05, 0.1) is 0 Å². The summed E-state index contributed by atoms with van der Waals surface area (Å²) in [5.41, 5.74) is -1.27. The van der Waals surface area contributed by atoms with Crippen molar-refractivity contribution in [1.82, 2.24) is 9.97 Å². The highest BCUT2D eigenvalue weighted by molar-refractivity contribution is 7.90. The summed E-state index contributed by atoms with van der Waals surface area (Å²) in [7, 11) is -3.81. The predicted molar refractivity (Wildman–Crippen MR) is 40.1 cm³/mol. The third-order valence-corrected chi connectivity index (χ3v) is 2.12. The van der Waals surface area contributed by atoms with E-state index in [0.29, 0.717) is 6.07 Å². The van der Waals surface area contributed by atoms with Crippen LogP contribution < -0.4 is 0 Å². The molecule has 0 amide bonds. The molecule has 1 heterocycles. The second-order valence-corrected chi connectivity index (χ2v) is 4.40. The van der Waals surface area contributed by atoms with Crippen molar-refractivity contribution in [2.45, 2.75) is 11.3 Å². The van der Waals surface area contributed by atoms with Crippen LogP contribution in [0, 0.1) is 0 Å². The summed E-state index contributed by atoms with van der Waals surface area (Å²) in [6.45, 7) is 0. The van der Waals surface area contributed by atoms with Crippen molar-refractivity contribution in [3.8, 4) is 0 Å². The van der Waals surface area contributed by atoms with Crippen molar-refractivity contribution in [3.63, 3.8) is 0 Å². The molecule has 1 rings (SSSR count). The third kappa shape index (κ3) is 2.41. The average Bonchev–Trinajstić information content (AvgIpc) is 2.01. The molecule has 4 nitrogen and oxygen atoms in total. The van der Waals surface area contributed by atoms with Crippen LogP contribution in [0.1, 0.15) is 5.69 Å². The minimum absolute atomic E-state index is 0.606. The molecule has 0 radical (unpaired) electrons. The second kappa shape index (κ2) is 3.19. The van der Waals surface area contributed by atoms with Crippen molar-refractivity contribution in [1.29, 1.82) is 0 Å². The van der Waals surface area contributed by atoms with Gasteiger partial charge in [-0.25, -0.2) is 18.4 Å². The normalized spacial score (nSPS) is 12.9. The number of sulfone groups is 1. The molecule has 8 heteroatoms. The van der Waals surface area contributed by atoms with Crippen LogP contribution in [0.4, 0.5) is 13.2 Å². The molecule has 0 saturated carbocycles. The molecule has 0 bridgehead atoms. The fraction of sp³-hybridized carbons (Fsp3) is 0.333. The van der Waals surface area contributed by atoms with Gasteiger partial charge in [0.1, 0.15) is 5.69 Å². The summed E-state index contributed by atoms with van der Waals surface area (Å²) in [6, 6.07) is 0.606. The molecular weight excluding hydrogens is 221 g/mol. The van der Waals surface area contributed by atoms with Crippen LogP contribution >= 0.6 is 0 Å². The highest BCUT2D eigenvalue weighted by atomic mass is 32.2. The van der Waals surface area contributed by atoms with Gasteiger partial charge in [0.2, 0.25) is 15.0 Å². The number of nitrogens with zero attached hydrogens (tertiary/aromatic N) is 2. The molecule has 0 aliphatic heterocycles. The fourth-order valence-corrected chi connectivity index (χ4v) is 1.19. The summed E-state index contributed by atoms with van der Waals surface area (Å²) < 4.78 is 57.9. The van der Waals surface area contributed by atoms with Crippen molar-refractivity contribution in [2.75, 3.05) is 6.26 Å². The van der Waals surface area contributed by atoms with E-state index in [9.17, 15) is 21.6 Å². The lowest BCUT2D eigenvalue weighted by molar-refractivity contribution is -0.141. The average molecular weight is 226 g/mol. The predicted octanol–water partition coefficient (Wildman–Crippen LogP) is 0.899. The van der Waals surface area contributed by atoms with E-state index in [-0.39, 0.29) is 0 Å². The summed E-state index contributed by atoms with van der Waals surface area (Å²) in [5.74, 6) is 0. The Kier molecular flexibility index (Phi) is 2.49. The van der Waals surface area contributed by atoms with Gasteiger partial charge in [-0.2, -0.15) is 13.2 Å². The smallest absolute Gasteiger partial charge is 0.227 e. The minimum atomic E-state index is -4.66. The van der Waals surface area contributed by atoms with Crippen LogP contribution in [0.15, 0.2) is 17.4 Å². The SMILES string of the molecule is CS(=O)(=O)c1nccc(C(F)(F)F)n1. The molecule has 0 atom stereocenters. The maximum Gasteiger partial charge on any atom is 0.433 e. The Morgan fingerprint density at radius 1 is 1.36 bits per heavy atom. The second-order valence-electron chi connectivity index (χ2n) is 2.49. The van der Waals surface area contributed by atoms with Gasteiger partial charge in [0, 0.05) is 12.5 Å². The number of alkyl halides is 3. The first-order valence-corrected chi connectivity index (χ1v) is 5.21. The monoisotopic (exact) mass is 226 g/mol. The van der Waals surface area contributed by atoms with Gasteiger partial charge in [-0.15, -0.1) is 0 Å². The zero-order chi connectivity index (χ0) is 11.0. The van der Waals surface area contributed by atoms with Crippen LogP contribution in [0.3, 0.4) is 0 Å². The number of hydrogen-bond donors (Lipinski definition) is 0. The molecule has 1 aromatic rings. The Hall–Kier alpha value is -1.18. The van der Waals surface area contributed by atoms with E-state index >= 15 is 0 Å². The molecule has 0 spiro atoms. The standard InChI is InChI=1S/C6H5F3N2O2S/c1-14(12,13)5-10-3-2-4(11-5)6(7,8)9/h2-3H,1H3. The molecule has 0 fully saturated rings. The molecule has 0 aromatic carbocycles. The lowest BCUT2D eigenvalue weighted by Crippen LogP contribution is -2.12. The molecule has 0 unspecified atom stereocenters. The van der Waals surface area contributed by atoms with Crippen molar-refractivity contribution >= 4 is 9.84 Å². The largest absolute Gasteiger partial charge is 0.433 e. The zero-order valence-corrected chi connectivity index (χ0v) is 7.72. The van der Waals surface area contributed by atoms with Gasteiger partial charge < -0.3 is 0 Å². The van der Waals surface area contributed by atoms with E-state index in [1.165, 1.54) is 0 Å². The topological polar surface area (TPSA) is 59.9 Å². The van der Waals surface area contributed by atoms with E-state index in [2.05, 4.69) is 9.97 Å². The highest BCUT2D eigenvalue weighted by Gasteiger charge is 2.33. The Morgan fingerprint density at radius 3 is 2.36 bits per heavy atom. The molecule has 0 saturated heterocycles. The van der Waals surface area contributed by atoms with Gasteiger partial charge in [0.15, 0.2) is 0 Å². The molecule has 1 aromatic heterocycles. The molecular formula is C6H5F3N2O2S. The Balaban J connectivity index is 3.29. The van der Waals surface area contributed by atoms with E-state index < -0.39 is 26.9 Å². The molecule has 0 N–H and O–H groups in total. The van der Waals surface area contributed by atoms with Gasteiger partial charge in [0.25, 0.3) is 0 Å². The maximum absolute atomic E-state index is 12.1. The first-order chi connectivity index (χ1) is 6.21. The molecule has 78 valence electrons. The van der Waals surface area contributed by atoms with Crippen LogP contribution in [0.2, 0.25) is 0 Å². The van der Waals surface area contributed by atoms with Gasteiger partial charge in [-0.1, -0.05) is 0 Å². The first kappa shape index (κ1) is 10.9. The molecule has 0 aliphatic carbocycles. The van der Waals surface area contributed by atoms with Crippen LogP contribution in [-0.4, -0.2) is 24.6 Å². The van der Waals surface area contributed by atoms with Gasteiger partial charge in [-0.3, -0.25) is 0 Å². The summed E-state index contributed by atoms with van der Waals surface area (Å²) in [4.78, 5) is 6.12. The minimum Gasteiger partial charge on any atom is -0.227 e. The summed E-state index contributed by atoms with van der Waals surface area (Å²) >= 11 is 0. The number of halogens is 3. The molecule has 14 heavy (non-hydrogen) atoms. The van der Waals surface area contributed by atoms with Crippen molar-refractivity contribution < 1.29 is 21.6 Å². The van der Waals surface area contributed by atoms with Gasteiger partial charge >= 0.3 is 6.18 Å². The lowest BCUT2D eigenvalue weighted by Gasteiger charge is -2.05. The Bertz CT molecular complexity index is 441. The maximum atomic E-state index is 12.1. The summed E-state index contributed by atoms with van der Waals surface area (Å²) in [6.07, 6.45) is -3.17. The Labute approximate surface area is 77.7 Å². The third-order valence-electron chi connectivity index (χ3n) is 1.26. The van der Waals surface area contributed by atoms with E-state index in [0.717, 1.165) is 12.5 Å². The quantitative estimate of drug-likeness (QED) is 0.667. The van der Waals surface area contributed by atoms with Crippen molar-refractivity contribution in [3.05, 3.63) is 18.0 Å². The number of rotatable bonds is 1. The highest BCUT2D eigenvalue weighted by Crippen LogP contribution is 2.27. The van der Waals surface area contributed by atoms with Crippen LogP contribution in [0.25, 0.3) is 0 Å². The number of aromatic nitrogens is 2.